The zero-order valence-corrected chi connectivity index (χ0v) is 8.84. The lowest BCUT2D eigenvalue weighted by Crippen LogP contribution is -1.99. The van der Waals surface area contributed by atoms with Crippen LogP contribution in [0.2, 0.25) is 0 Å². The second-order valence-corrected chi connectivity index (χ2v) is 4.05. The lowest BCUT2D eigenvalue weighted by Gasteiger charge is -2.03. The third kappa shape index (κ3) is 2.03. The second-order valence-electron chi connectivity index (χ2n) is 4.05. The molecule has 0 aliphatic heterocycles. The fourth-order valence-electron chi connectivity index (χ4n) is 1.57. The molecule has 0 aliphatic carbocycles. The number of nitrogens with zero attached hydrogens (tertiary/aromatic N) is 3. The zero-order chi connectivity index (χ0) is 10.8. The Hall–Kier alpha value is -1.71. The van der Waals surface area contributed by atoms with Crippen LogP contribution in [0.3, 0.4) is 0 Å². The van der Waals surface area contributed by atoms with Crippen LogP contribution in [0.5, 0.6) is 0 Å². The number of rotatable bonds is 3. The number of carbonyl (C=O) groups excluding carboxylic acids is 1. The molecule has 0 radical (unpaired) electrons. The summed E-state index contributed by atoms with van der Waals surface area (Å²) in [4.78, 5) is 14.8. The van der Waals surface area contributed by atoms with E-state index in [-0.39, 0.29) is 0 Å². The largest absolute Gasteiger partial charge is 0.296 e. The maximum absolute atomic E-state index is 10.5. The van der Waals surface area contributed by atoms with Gasteiger partial charge in [-0.1, -0.05) is 13.8 Å². The molecule has 0 aromatic carbocycles. The zero-order valence-electron chi connectivity index (χ0n) is 8.84. The smallest absolute Gasteiger partial charge is 0.170 e. The van der Waals surface area contributed by atoms with Crippen molar-refractivity contribution in [2.45, 2.75) is 20.3 Å². The average molecular weight is 203 g/mol. The minimum absolute atomic E-state index is 0.421. The highest BCUT2D eigenvalue weighted by Crippen LogP contribution is 2.08. The van der Waals surface area contributed by atoms with Gasteiger partial charge in [0.25, 0.3) is 0 Å². The van der Waals surface area contributed by atoms with Gasteiger partial charge in [0.05, 0.1) is 0 Å². The molecular formula is C11H13N3O. The van der Waals surface area contributed by atoms with E-state index in [9.17, 15) is 4.79 Å². The Morgan fingerprint density at radius 1 is 1.53 bits per heavy atom. The first kappa shape index (κ1) is 9.83. The number of fused-ring (bicyclic) bond motifs is 1. The van der Waals surface area contributed by atoms with Crippen LogP contribution in [0, 0.1) is 5.92 Å². The molecule has 2 aromatic rings. The quantitative estimate of drug-likeness (QED) is 0.714. The lowest BCUT2D eigenvalue weighted by molar-refractivity contribution is 0.111. The fraction of sp³-hybridized carbons (Fsp3) is 0.364. The molecule has 0 unspecified atom stereocenters. The van der Waals surface area contributed by atoms with Gasteiger partial charge in [-0.2, -0.15) is 5.10 Å². The molecule has 2 rings (SSSR count). The molecule has 0 aliphatic rings. The van der Waals surface area contributed by atoms with Crippen molar-refractivity contribution >= 4 is 11.9 Å². The van der Waals surface area contributed by atoms with Crippen LogP contribution in [0.4, 0.5) is 0 Å². The van der Waals surface area contributed by atoms with Crippen molar-refractivity contribution in [3.05, 3.63) is 29.7 Å². The molecule has 0 fully saturated rings. The Morgan fingerprint density at radius 3 is 3.00 bits per heavy atom. The third-order valence-electron chi connectivity index (χ3n) is 2.15. The van der Waals surface area contributed by atoms with Gasteiger partial charge in [-0.3, -0.25) is 4.79 Å². The van der Waals surface area contributed by atoms with Gasteiger partial charge in [-0.25, -0.2) is 9.50 Å². The van der Waals surface area contributed by atoms with Crippen molar-refractivity contribution in [1.82, 2.24) is 14.6 Å². The van der Waals surface area contributed by atoms with Crippen molar-refractivity contribution in [2.24, 2.45) is 5.92 Å². The molecular weight excluding hydrogens is 190 g/mol. The number of aromatic nitrogens is 3. The fourth-order valence-corrected chi connectivity index (χ4v) is 1.57. The number of aldehydes is 1. The maximum atomic E-state index is 10.5. The molecule has 0 atom stereocenters. The summed E-state index contributed by atoms with van der Waals surface area (Å²) in [5, 5.41) is 4.09. The molecule has 0 N–H and O–H groups in total. The topological polar surface area (TPSA) is 47.3 Å². The van der Waals surface area contributed by atoms with Gasteiger partial charge < -0.3 is 0 Å². The van der Waals surface area contributed by atoms with Gasteiger partial charge in [0.2, 0.25) is 0 Å². The lowest BCUT2D eigenvalue weighted by atomic mass is 10.1. The van der Waals surface area contributed by atoms with E-state index < -0.39 is 0 Å². The van der Waals surface area contributed by atoms with Crippen LogP contribution >= 0.6 is 0 Å². The van der Waals surface area contributed by atoms with E-state index >= 15 is 0 Å². The summed E-state index contributed by atoms with van der Waals surface area (Å²) in [6, 6.07) is 1.67. The summed E-state index contributed by atoms with van der Waals surface area (Å²) in [6.07, 6.45) is 5.47. The van der Waals surface area contributed by atoms with Crippen LogP contribution in [0.25, 0.3) is 5.65 Å². The van der Waals surface area contributed by atoms with Crippen molar-refractivity contribution in [2.75, 3.05) is 0 Å². The first-order chi connectivity index (χ1) is 7.19. The predicted molar refractivity (Wildman–Crippen MR) is 56.9 cm³/mol. The van der Waals surface area contributed by atoms with Gasteiger partial charge in [0.1, 0.15) is 5.69 Å². The van der Waals surface area contributed by atoms with Crippen LogP contribution < -0.4 is 0 Å². The molecule has 2 heterocycles. The minimum Gasteiger partial charge on any atom is -0.296 e. The van der Waals surface area contributed by atoms with Crippen molar-refractivity contribution < 1.29 is 4.79 Å². The Morgan fingerprint density at radius 2 is 2.33 bits per heavy atom. The molecule has 4 heteroatoms. The molecule has 0 bridgehead atoms. The molecule has 0 saturated carbocycles. The first-order valence-corrected chi connectivity index (χ1v) is 4.98. The van der Waals surface area contributed by atoms with E-state index in [1.165, 1.54) is 0 Å². The molecule has 2 aromatic heterocycles. The highest BCUT2D eigenvalue weighted by Gasteiger charge is 2.03. The standard InChI is InChI=1S/C11H13N3O/c1-8(2)3-9-5-12-11-4-10(7-15)13-14(11)6-9/h4-8H,3H2,1-2H3. The van der Waals surface area contributed by atoms with Crippen molar-refractivity contribution in [3.8, 4) is 0 Å². The molecule has 15 heavy (non-hydrogen) atoms. The van der Waals surface area contributed by atoms with E-state index in [4.69, 9.17) is 0 Å². The highest BCUT2D eigenvalue weighted by molar-refractivity contribution is 5.73. The average Bonchev–Trinajstić information content (AvgIpc) is 2.58. The molecule has 0 spiro atoms. The van der Waals surface area contributed by atoms with Crippen LogP contribution in [-0.4, -0.2) is 20.9 Å². The minimum atomic E-state index is 0.421. The van der Waals surface area contributed by atoms with E-state index in [0.717, 1.165) is 18.3 Å². The van der Waals surface area contributed by atoms with Crippen molar-refractivity contribution in [3.63, 3.8) is 0 Å². The van der Waals surface area contributed by atoms with E-state index in [1.54, 1.807) is 10.6 Å². The van der Waals surface area contributed by atoms with Gasteiger partial charge >= 0.3 is 0 Å². The predicted octanol–water partition coefficient (Wildman–Crippen LogP) is 1.74. The van der Waals surface area contributed by atoms with Crippen LogP contribution in [0.1, 0.15) is 29.9 Å². The van der Waals surface area contributed by atoms with E-state index in [0.29, 0.717) is 17.3 Å². The normalized spacial score (nSPS) is 11.1. The van der Waals surface area contributed by atoms with Gasteiger partial charge in [0.15, 0.2) is 11.9 Å². The van der Waals surface area contributed by atoms with Gasteiger partial charge in [0, 0.05) is 18.5 Å². The Kier molecular flexibility index (Phi) is 2.49. The maximum Gasteiger partial charge on any atom is 0.170 e. The summed E-state index contributed by atoms with van der Waals surface area (Å²) in [6.45, 7) is 4.31. The number of carbonyl (C=O) groups is 1. The Balaban J connectivity index is 2.41. The van der Waals surface area contributed by atoms with E-state index in [2.05, 4.69) is 23.9 Å². The van der Waals surface area contributed by atoms with Crippen LogP contribution in [-0.2, 0) is 6.42 Å². The monoisotopic (exact) mass is 203 g/mol. The first-order valence-electron chi connectivity index (χ1n) is 4.98. The van der Waals surface area contributed by atoms with Crippen molar-refractivity contribution in [1.29, 1.82) is 0 Å². The molecule has 78 valence electrons. The summed E-state index contributed by atoms with van der Waals surface area (Å²) >= 11 is 0. The summed E-state index contributed by atoms with van der Waals surface area (Å²) in [5.41, 5.74) is 2.27. The SMILES string of the molecule is CC(C)Cc1cnc2cc(C=O)nn2c1. The number of hydrogen-bond donors (Lipinski definition) is 0. The van der Waals surface area contributed by atoms with Gasteiger partial charge in [-0.15, -0.1) is 0 Å². The number of hydrogen-bond acceptors (Lipinski definition) is 3. The second kappa shape index (κ2) is 3.81. The molecule has 0 amide bonds. The Bertz CT molecular complexity index is 488. The highest BCUT2D eigenvalue weighted by atomic mass is 16.1. The summed E-state index contributed by atoms with van der Waals surface area (Å²) in [5.74, 6) is 0.588. The molecule has 4 nitrogen and oxygen atoms in total. The Labute approximate surface area is 87.9 Å². The third-order valence-corrected chi connectivity index (χ3v) is 2.15. The van der Waals surface area contributed by atoms with Crippen LogP contribution in [0.15, 0.2) is 18.5 Å². The summed E-state index contributed by atoms with van der Waals surface area (Å²) < 4.78 is 1.65. The van der Waals surface area contributed by atoms with E-state index in [1.807, 2.05) is 12.4 Å². The molecule has 0 saturated heterocycles. The van der Waals surface area contributed by atoms with Gasteiger partial charge in [-0.05, 0) is 17.9 Å². The summed E-state index contributed by atoms with van der Waals surface area (Å²) in [7, 11) is 0.